The predicted octanol–water partition coefficient (Wildman–Crippen LogP) is 2.08. The molecule has 166 valence electrons. The molecule has 1 amide bonds. The Morgan fingerprint density at radius 1 is 1.26 bits per heavy atom. The minimum atomic E-state index is -0.678. The Morgan fingerprint density at radius 2 is 2.06 bits per heavy atom. The Morgan fingerprint density at radius 3 is 2.77 bits per heavy atom. The highest BCUT2D eigenvalue weighted by Gasteiger charge is 2.61. The van der Waals surface area contributed by atoms with Crippen LogP contribution in [0.2, 0.25) is 0 Å². The first-order valence-corrected chi connectivity index (χ1v) is 10.7. The van der Waals surface area contributed by atoms with Gasteiger partial charge in [-0.2, -0.15) is 0 Å². The van der Waals surface area contributed by atoms with Gasteiger partial charge in [0, 0.05) is 24.4 Å². The molecule has 1 aromatic rings. The van der Waals surface area contributed by atoms with Gasteiger partial charge in [-0.25, -0.2) is 4.79 Å². The average Bonchev–Trinajstić information content (AvgIpc) is 3.30. The summed E-state index contributed by atoms with van der Waals surface area (Å²) in [6, 6.07) is 3.82. The number of ether oxygens (including phenoxy) is 4. The third-order valence-electron chi connectivity index (χ3n) is 7.75. The molecular formula is C23H28N2O6. The molecule has 4 heterocycles. The normalized spacial score (nSPS) is 33.5. The van der Waals surface area contributed by atoms with Crippen LogP contribution in [0.1, 0.15) is 25.3 Å². The summed E-state index contributed by atoms with van der Waals surface area (Å²) in [4.78, 5) is 28.4. The quantitative estimate of drug-likeness (QED) is 0.738. The van der Waals surface area contributed by atoms with E-state index in [1.54, 1.807) is 20.5 Å². The van der Waals surface area contributed by atoms with Crippen molar-refractivity contribution in [2.24, 2.45) is 11.8 Å². The Kier molecular flexibility index (Phi) is 4.66. The predicted molar refractivity (Wildman–Crippen MR) is 112 cm³/mol. The van der Waals surface area contributed by atoms with Crippen LogP contribution >= 0.6 is 0 Å². The smallest absolute Gasteiger partial charge is 0.337 e. The fraction of sp³-hybridized carbons (Fsp3) is 0.565. The molecule has 0 radical (unpaired) electrons. The highest BCUT2D eigenvalue weighted by molar-refractivity contribution is 6.09. The fourth-order valence-electron chi connectivity index (χ4n) is 6.20. The number of amides is 1. The summed E-state index contributed by atoms with van der Waals surface area (Å²) >= 11 is 0. The van der Waals surface area contributed by atoms with E-state index in [2.05, 4.69) is 10.2 Å². The lowest BCUT2D eigenvalue weighted by Gasteiger charge is -2.48. The highest BCUT2D eigenvalue weighted by atomic mass is 16.5. The first kappa shape index (κ1) is 20.2. The van der Waals surface area contributed by atoms with E-state index in [0.29, 0.717) is 29.2 Å². The van der Waals surface area contributed by atoms with E-state index in [1.807, 2.05) is 19.1 Å². The van der Waals surface area contributed by atoms with Crippen molar-refractivity contribution in [3.8, 4) is 11.5 Å². The van der Waals surface area contributed by atoms with Gasteiger partial charge in [0.1, 0.15) is 0 Å². The number of nitrogens with zero attached hydrogens (tertiary/aromatic N) is 1. The second-order valence-electron chi connectivity index (χ2n) is 8.82. The second kappa shape index (κ2) is 7.15. The molecule has 0 bridgehead atoms. The zero-order valence-corrected chi connectivity index (χ0v) is 18.3. The van der Waals surface area contributed by atoms with Gasteiger partial charge in [0.2, 0.25) is 5.91 Å². The van der Waals surface area contributed by atoms with Crippen molar-refractivity contribution in [3.05, 3.63) is 29.5 Å². The molecule has 1 N–H and O–H groups in total. The van der Waals surface area contributed by atoms with Crippen LogP contribution in [0.5, 0.6) is 11.5 Å². The van der Waals surface area contributed by atoms with Crippen LogP contribution in [0, 0.1) is 11.8 Å². The van der Waals surface area contributed by atoms with Crippen LogP contribution in [0.4, 0.5) is 5.69 Å². The third-order valence-corrected chi connectivity index (χ3v) is 7.75. The van der Waals surface area contributed by atoms with Gasteiger partial charge in [0.25, 0.3) is 0 Å². The first-order valence-electron chi connectivity index (χ1n) is 10.7. The van der Waals surface area contributed by atoms with Crippen molar-refractivity contribution in [1.82, 2.24) is 4.90 Å². The lowest BCUT2D eigenvalue weighted by atomic mass is 9.66. The maximum Gasteiger partial charge on any atom is 0.337 e. The lowest BCUT2D eigenvalue weighted by molar-refractivity contribution is -0.139. The SMILES string of the molecule is COC(=O)C1=CO[C@@H](C)[C@@H]2CN3CC[C@]4(C(=O)Nc5c4ccc(OC)c5OC)[C@@H]3C[C@H]12. The number of carbonyl (C=O) groups is 2. The van der Waals surface area contributed by atoms with Gasteiger partial charge < -0.3 is 24.3 Å². The molecular weight excluding hydrogens is 400 g/mol. The number of nitrogens with one attached hydrogen (secondary N) is 1. The molecule has 8 heteroatoms. The molecule has 0 saturated carbocycles. The minimum Gasteiger partial charge on any atom is -0.497 e. The van der Waals surface area contributed by atoms with Crippen molar-refractivity contribution in [3.63, 3.8) is 0 Å². The van der Waals surface area contributed by atoms with Crippen LogP contribution in [0.25, 0.3) is 0 Å². The molecule has 0 aliphatic carbocycles. The number of anilines is 1. The van der Waals surface area contributed by atoms with Crippen LogP contribution in [-0.2, 0) is 24.5 Å². The molecule has 5 atom stereocenters. The molecule has 31 heavy (non-hydrogen) atoms. The molecule has 2 fully saturated rings. The zero-order valence-electron chi connectivity index (χ0n) is 18.3. The molecule has 4 aliphatic heterocycles. The van der Waals surface area contributed by atoms with Gasteiger partial charge in [-0.1, -0.05) is 6.07 Å². The van der Waals surface area contributed by atoms with Gasteiger partial charge >= 0.3 is 5.97 Å². The van der Waals surface area contributed by atoms with E-state index in [9.17, 15) is 9.59 Å². The Hall–Kier alpha value is -2.74. The van der Waals surface area contributed by atoms with Gasteiger partial charge in [-0.3, -0.25) is 9.69 Å². The van der Waals surface area contributed by atoms with E-state index < -0.39 is 5.41 Å². The molecule has 2 saturated heterocycles. The summed E-state index contributed by atoms with van der Waals surface area (Å²) in [7, 11) is 4.56. The van der Waals surface area contributed by atoms with Crippen molar-refractivity contribution in [2.75, 3.05) is 39.7 Å². The van der Waals surface area contributed by atoms with Crippen LogP contribution in [0.15, 0.2) is 24.0 Å². The van der Waals surface area contributed by atoms with Crippen LogP contribution in [0.3, 0.4) is 0 Å². The molecule has 5 rings (SSSR count). The van der Waals surface area contributed by atoms with Crippen LogP contribution in [-0.4, -0.2) is 63.3 Å². The van der Waals surface area contributed by atoms with Gasteiger partial charge in [0.15, 0.2) is 11.5 Å². The van der Waals surface area contributed by atoms with Crippen molar-refractivity contribution in [2.45, 2.75) is 37.3 Å². The number of fused-ring (bicyclic) bond motifs is 5. The summed E-state index contributed by atoms with van der Waals surface area (Å²) in [5.74, 6) is 0.941. The summed E-state index contributed by atoms with van der Waals surface area (Å²) in [6.45, 7) is 3.64. The van der Waals surface area contributed by atoms with E-state index in [1.165, 1.54) is 7.11 Å². The van der Waals surface area contributed by atoms with Gasteiger partial charge in [-0.15, -0.1) is 0 Å². The average molecular weight is 428 g/mol. The summed E-state index contributed by atoms with van der Waals surface area (Å²) in [5, 5.41) is 3.08. The summed E-state index contributed by atoms with van der Waals surface area (Å²) < 4.78 is 21.8. The molecule has 0 aromatic heterocycles. The second-order valence-corrected chi connectivity index (χ2v) is 8.82. The Labute approximate surface area is 181 Å². The Balaban J connectivity index is 1.57. The molecule has 8 nitrogen and oxygen atoms in total. The van der Waals surface area contributed by atoms with E-state index in [-0.39, 0.29) is 35.9 Å². The number of piperidine rings is 1. The van der Waals surface area contributed by atoms with Gasteiger partial charge in [0.05, 0.1) is 50.4 Å². The maximum atomic E-state index is 13.5. The van der Waals surface area contributed by atoms with E-state index in [0.717, 1.165) is 25.1 Å². The number of carbonyl (C=O) groups excluding carboxylic acids is 2. The number of methoxy groups -OCH3 is 3. The molecule has 4 aliphatic rings. The molecule has 1 spiro atoms. The highest BCUT2D eigenvalue weighted by Crippen LogP contribution is 2.56. The van der Waals surface area contributed by atoms with Crippen molar-refractivity contribution < 1.29 is 28.5 Å². The molecule has 1 aromatic carbocycles. The number of esters is 1. The number of hydrogen-bond acceptors (Lipinski definition) is 7. The van der Waals surface area contributed by atoms with Crippen LogP contribution < -0.4 is 14.8 Å². The molecule has 0 unspecified atom stereocenters. The third kappa shape index (κ3) is 2.63. The van der Waals surface area contributed by atoms with E-state index in [4.69, 9.17) is 18.9 Å². The lowest BCUT2D eigenvalue weighted by Crippen LogP contribution is -2.56. The van der Waals surface area contributed by atoms with Gasteiger partial charge in [-0.05, 0) is 37.9 Å². The van der Waals surface area contributed by atoms with Crippen molar-refractivity contribution >= 4 is 17.6 Å². The Bertz CT molecular complexity index is 975. The monoisotopic (exact) mass is 428 g/mol. The summed E-state index contributed by atoms with van der Waals surface area (Å²) in [5.41, 5.74) is 1.53. The largest absolute Gasteiger partial charge is 0.497 e. The number of hydrogen-bond donors (Lipinski definition) is 1. The first-order chi connectivity index (χ1) is 15.0. The standard InChI is InChI=1S/C23H28N2O6/c1-12-14-10-25-8-7-23(18(25)9-13(14)15(11-31-12)21(26)30-4)16-5-6-17(28-2)20(29-3)19(16)24-22(23)27/h5-6,11-14,18H,7-10H2,1-4H3,(H,24,27)/t12-,13-,14-,18-,23+/m0/s1. The van der Waals surface area contributed by atoms with Crippen molar-refractivity contribution in [1.29, 1.82) is 0 Å². The zero-order chi connectivity index (χ0) is 21.9. The van der Waals surface area contributed by atoms with E-state index >= 15 is 0 Å². The minimum absolute atomic E-state index is 0.00459. The number of rotatable bonds is 3. The summed E-state index contributed by atoms with van der Waals surface area (Å²) in [6.07, 6.45) is 2.98. The number of benzene rings is 1. The fourth-order valence-corrected chi connectivity index (χ4v) is 6.20. The topological polar surface area (TPSA) is 86.3 Å². The maximum absolute atomic E-state index is 13.5.